The number of carbonyl (C=O) groups excluding carboxylic acids is 2. The standard InChI is InChI=1S/C13H24IN6O2S/c1-2-10-9-20(19-18-10)8-6-12(21)14-23-13(22)11(17-16)5-3-4-7-15/h9,11,17H,2-8,15-16H2,1H3/q-1/t11-/m0/s1/i/hD. The van der Waals surface area contributed by atoms with Crippen LogP contribution in [0.3, 0.4) is 0 Å². The van der Waals surface area contributed by atoms with E-state index in [2.05, 4.69) is 21.6 Å². The molecule has 1 aromatic rings. The summed E-state index contributed by atoms with van der Waals surface area (Å²) in [5, 5.41) is 7.83. The van der Waals surface area contributed by atoms with Gasteiger partial charge in [-0.05, 0) is 0 Å². The summed E-state index contributed by atoms with van der Waals surface area (Å²) in [5.74, 6) is 2.06. The van der Waals surface area contributed by atoms with E-state index >= 15 is 0 Å². The molecule has 0 unspecified atom stereocenters. The molecule has 0 saturated heterocycles. The summed E-state index contributed by atoms with van der Waals surface area (Å²) in [4.78, 5) is 24.1. The van der Waals surface area contributed by atoms with Crippen LogP contribution >= 0.6 is 8.93 Å². The predicted octanol–water partition coefficient (Wildman–Crippen LogP) is -3.02. The van der Waals surface area contributed by atoms with Crippen molar-refractivity contribution < 1.29 is 30.8 Å². The van der Waals surface area contributed by atoms with Gasteiger partial charge < -0.3 is 0 Å². The van der Waals surface area contributed by atoms with Gasteiger partial charge >= 0.3 is 151 Å². The molecule has 8 nitrogen and oxygen atoms in total. The van der Waals surface area contributed by atoms with Gasteiger partial charge in [0.25, 0.3) is 0 Å². The molecule has 0 spiro atoms. The zero-order valence-corrected chi connectivity index (χ0v) is 16.1. The van der Waals surface area contributed by atoms with Gasteiger partial charge in [0.05, 0.1) is 0 Å². The van der Waals surface area contributed by atoms with E-state index in [0.717, 1.165) is 33.9 Å². The molecule has 0 saturated carbocycles. The minimum absolute atomic E-state index is 0.0954. The second-order valence-corrected chi connectivity index (χ2v) is 9.44. The van der Waals surface area contributed by atoms with Crippen molar-refractivity contribution in [2.24, 2.45) is 11.6 Å². The Kier molecular flexibility index (Phi) is 9.71. The maximum atomic E-state index is 12.1. The van der Waals surface area contributed by atoms with Crippen molar-refractivity contribution in [3.8, 4) is 0 Å². The number of unbranched alkanes of at least 4 members (excludes halogenated alkanes) is 1. The summed E-state index contributed by atoms with van der Waals surface area (Å²) in [6.45, 7) is 3.07. The number of halogens is 1. The van der Waals surface area contributed by atoms with Crippen molar-refractivity contribution in [3.63, 3.8) is 0 Å². The summed E-state index contributed by atoms with van der Waals surface area (Å²) < 4.78 is 8.74. The van der Waals surface area contributed by atoms with E-state index in [1.807, 2.05) is 13.1 Å². The van der Waals surface area contributed by atoms with E-state index in [1.165, 1.54) is 0 Å². The molecule has 1 aromatic heterocycles. The third kappa shape index (κ3) is 8.20. The van der Waals surface area contributed by atoms with Gasteiger partial charge in [-0.3, -0.25) is 0 Å². The molecule has 1 heterocycles. The van der Waals surface area contributed by atoms with Gasteiger partial charge in [-0.25, -0.2) is 0 Å². The van der Waals surface area contributed by atoms with Gasteiger partial charge in [0.1, 0.15) is 0 Å². The third-order valence-corrected chi connectivity index (χ3v) is 7.75. The van der Waals surface area contributed by atoms with Crippen molar-refractivity contribution >= 4 is 17.8 Å². The van der Waals surface area contributed by atoms with E-state index in [1.54, 1.807) is 4.68 Å². The Hall–Kier alpha value is -0.560. The Bertz CT molecular complexity index is 518. The predicted molar refractivity (Wildman–Crippen MR) is 85.6 cm³/mol. The molecule has 1 atom stereocenters. The van der Waals surface area contributed by atoms with E-state index in [-0.39, 0.29) is 8.91 Å². The Balaban J connectivity index is 2.30. The molecule has 10 heteroatoms. The van der Waals surface area contributed by atoms with E-state index in [4.69, 9.17) is 7.15 Å². The van der Waals surface area contributed by atoms with E-state index in [9.17, 15) is 9.59 Å². The fourth-order valence-corrected chi connectivity index (χ4v) is 5.46. The second kappa shape index (κ2) is 11.9. The summed E-state index contributed by atoms with van der Waals surface area (Å²) in [7, 11) is 1.09. The second-order valence-electron chi connectivity index (χ2n) is 4.89. The fourth-order valence-electron chi connectivity index (χ4n) is 1.73. The number of aryl methyl sites for hydroxylation is 2. The van der Waals surface area contributed by atoms with E-state index in [0.29, 0.717) is 25.9 Å². The zero-order valence-electron chi connectivity index (χ0n) is 14.1. The van der Waals surface area contributed by atoms with Crippen LogP contribution < -0.4 is 36.8 Å². The Labute approximate surface area is 150 Å². The van der Waals surface area contributed by atoms with Crippen LogP contribution in [-0.2, 0) is 22.6 Å². The van der Waals surface area contributed by atoms with Crippen molar-refractivity contribution in [1.29, 1.82) is 0 Å². The van der Waals surface area contributed by atoms with Crippen LogP contribution in [-0.4, -0.2) is 36.5 Å². The number of hydrogen-bond donors (Lipinski definition) is 3. The number of nitrogens with two attached hydrogens (primary N) is 2. The molecular weight excluding hydrogens is 431 g/mol. The minimum atomic E-state index is -0.925. The number of hydrogen-bond acceptors (Lipinski definition) is 8. The van der Waals surface area contributed by atoms with Gasteiger partial charge in [0, 0.05) is 0 Å². The first-order valence-corrected chi connectivity index (χ1v) is 11.9. The summed E-state index contributed by atoms with van der Waals surface area (Å²) >= 11 is -0.925. The summed E-state index contributed by atoms with van der Waals surface area (Å²) in [6, 6.07) is -0.464. The van der Waals surface area contributed by atoms with Crippen LogP contribution in [0.2, 0.25) is 1.41 Å². The van der Waals surface area contributed by atoms with Crippen LogP contribution in [0.15, 0.2) is 6.20 Å². The number of aromatic nitrogens is 3. The maximum absolute atomic E-state index is 12.1. The Morgan fingerprint density at radius 1 is 1.57 bits per heavy atom. The molecule has 5 N–H and O–H groups in total. The average Bonchev–Trinajstić information content (AvgIpc) is 3.05. The van der Waals surface area contributed by atoms with Crippen molar-refractivity contribution in [3.05, 3.63) is 11.9 Å². The fraction of sp³-hybridized carbons (Fsp3) is 0.692. The topological polar surface area (TPSA) is 129 Å². The van der Waals surface area contributed by atoms with Gasteiger partial charge in [-0.2, -0.15) is 0 Å². The molecular formula is C13H24IN6O2S-. The van der Waals surface area contributed by atoms with Crippen molar-refractivity contribution in [1.82, 2.24) is 20.4 Å². The summed E-state index contributed by atoms with van der Waals surface area (Å²) in [6.07, 6.45) is 5.25. The van der Waals surface area contributed by atoms with Crippen LogP contribution in [0, 0.1) is 0 Å². The van der Waals surface area contributed by atoms with E-state index < -0.39 is 25.9 Å². The quantitative estimate of drug-likeness (QED) is 0.0941. The molecule has 0 aliphatic carbocycles. The molecule has 1 rings (SSSR count). The molecule has 0 radical (unpaired) electrons. The normalized spacial score (nSPS) is 13.0. The SMILES string of the molecule is [2H]NN[C@@H](CCCCN)C(=O)S[I-]C(=O)CCn1cc(CC)nn1. The van der Waals surface area contributed by atoms with Crippen LogP contribution in [0.4, 0.5) is 0 Å². The number of hydrazine groups is 1. The first kappa shape index (κ1) is 18.8. The molecule has 0 aliphatic rings. The summed E-state index contributed by atoms with van der Waals surface area (Å²) in [5.41, 5.74) is 8.96. The first-order valence-electron chi connectivity index (χ1n) is 8.00. The Morgan fingerprint density at radius 3 is 3.04 bits per heavy atom. The van der Waals surface area contributed by atoms with Gasteiger partial charge in [-0.15, -0.1) is 0 Å². The zero-order chi connectivity index (χ0) is 17.8. The molecule has 0 amide bonds. The molecule has 0 aliphatic heterocycles. The number of rotatable bonds is 13. The Morgan fingerprint density at radius 2 is 2.39 bits per heavy atom. The molecule has 0 bridgehead atoms. The van der Waals surface area contributed by atoms with Crippen molar-refractivity contribution in [2.75, 3.05) is 6.54 Å². The number of nitrogens with one attached hydrogen (secondary N) is 1. The monoisotopic (exact) mass is 456 g/mol. The molecule has 0 aromatic carbocycles. The van der Waals surface area contributed by atoms with Crippen LogP contribution in [0.5, 0.6) is 0 Å². The van der Waals surface area contributed by atoms with Crippen LogP contribution in [0.1, 0.15) is 38.3 Å². The molecule has 132 valence electrons. The molecule has 23 heavy (non-hydrogen) atoms. The third-order valence-electron chi connectivity index (χ3n) is 3.09. The number of carbonyl (C=O) groups is 2. The molecule has 0 fully saturated rings. The average molecular weight is 456 g/mol. The van der Waals surface area contributed by atoms with Gasteiger partial charge in [-0.1, -0.05) is 0 Å². The van der Waals surface area contributed by atoms with Crippen LogP contribution in [0.25, 0.3) is 0 Å². The van der Waals surface area contributed by atoms with Gasteiger partial charge in [0.2, 0.25) is 0 Å². The first-order chi connectivity index (χ1) is 11.6. The van der Waals surface area contributed by atoms with Crippen molar-refractivity contribution in [2.45, 2.75) is 51.6 Å². The van der Waals surface area contributed by atoms with Gasteiger partial charge in [0.15, 0.2) is 0 Å². The number of nitrogens with zero attached hydrogens (tertiary/aromatic N) is 3.